The quantitative estimate of drug-likeness (QED) is 0.898. The van der Waals surface area contributed by atoms with Crippen LogP contribution in [0.5, 0.6) is 0 Å². The number of rotatable bonds is 5. The van der Waals surface area contributed by atoms with E-state index in [2.05, 4.69) is 29.5 Å². The summed E-state index contributed by atoms with van der Waals surface area (Å²) in [6.45, 7) is 5.98. The molecule has 1 aromatic heterocycles. The number of carbonyl (C=O) groups excluding carboxylic acids is 1. The molecule has 1 atom stereocenters. The Bertz CT molecular complexity index is 572. The van der Waals surface area contributed by atoms with Gasteiger partial charge < -0.3 is 4.52 Å². The van der Waals surface area contributed by atoms with Crippen LogP contribution in [0.2, 0.25) is 0 Å². The van der Waals surface area contributed by atoms with Crippen molar-refractivity contribution in [2.24, 2.45) is 5.92 Å². The van der Waals surface area contributed by atoms with Crippen LogP contribution in [0.25, 0.3) is 11.3 Å². The molecule has 1 N–H and O–H groups in total. The topological polar surface area (TPSA) is 55.1 Å². The summed E-state index contributed by atoms with van der Waals surface area (Å²) in [7, 11) is 0. The molecule has 0 aliphatic rings. The third kappa shape index (κ3) is 3.26. The van der Waals surface area contributed by atoms with Gasteiger partial charge in [0.15, 0.2) is 0 Å². The monoisotopic (exact) mass is 272 g/mol. The first-order valence-corrected chi connectivity index (χ1v) is 7.01. The summed E-state index contributed by atoms with van der Waals surface area (Å²) in [6, 6.07) is 9.91. The molecule has 20 heavy (non-hydrogen) atoms. The molecule has 0 bridgehead atoms. The molecule has 1 heterocycles. The van der Waals surface area contributed by atoms with Crippen LogP contribution in [-0.4, -0.2) is 11.1 Å². The Morgan fingerprint density at radius 3 is 2.60 bits per heavy atom. The molecule has 4 nitrogen and oxygen atoms in total. The molecule has 0 saturated heterocycles. The molecule has 1 unspecified atom stereocenters. The van der Waals surface area contributed by atoms with Crippen LogP contribution < -0.4 is 5.32 Å². The lowest BCUT2D eigenvalue weighted by Crippen LogP contribution is -2.19. The predicted molar refractivity (Wildman–Crippen MR) is 79.4 cm³/mol. The minimum Gasteiger partial charge on any atom is -0.338 e. The number of anilines is 1. The zero-order chi connectivity index (χ0) is 14.5. The summed E-state index contributed by atoms with van der Waals surface area (Å²) in [5.74, 6) is 0.314. The molecule has 1 amide bonds. The third-order valence-electron chi connectivity index (χ3n) is 3.47. The summed E-state index contributed by atoms with van der Waals surface area (Å²) >= 11 is 0. The Morgan fingerprint density at radius 1 is 1.30 bits per heavy atom. The van der Waals surface area contributed by atoms with Gasteiger partial charge in [-0.15, -0.1) is 0 Å². The fraction of sp³-hybridized carbons (Fsp3) is 0.375. The molecule has 0 aliphatic heterocycles. The van der Waals surface area contributed by atoms with Crippen molar-refractivity contribution in [2.45, 2.75) is 33.6 Å². The zero-order valence-corrected chi connectivity index (χ0v) is 12.1. The van der Waals surface area contributed by atoms with Gasteiger partial charge in [-0.1, -0.05) is 50.2 Å². The standard InChI is InChI=1S/C16H20N2O2/c1-4-11(3)16(19)17-15-10-14(18-20-15)13-8-6-12(5-2)7-9-13/h6-11H,4-5H2,1-3H3,(H,17,19). The number of benzene rings is 1. The second kappa shape index (κ2) is 6.37. The molecule has 4 heteroatoms. The molecule has 2 rings (SSSR count). The van der Waals surface area contributed by atoms with Crippen LogP contribution in [-0.2, 0) is 11.2 Å². The van der Waals surface area contributed by atoms with Crippen LogP contribution in [0, 0.1) is 5.92 Å². The Balaban J connectivity index is 2.10. The molecule has 106 valence electrons. The van der Waals surface area contributed by atoms with Crippen molar-refractivity contribution < 1.29 is 9.32 Å². The van der Waals surface area contributed by atoms with Crippen molar-refractivity contribution in [3.63, 3.8) is 0 Å². The first-order valence-electron chi connectivity index (χ1n) is 7.01. The van der Waals surface area contributed by atoms with Crippen LogP contribution in [0.1, 0.15) is 32.8 Å². The molecule has 0 fully saturated rings. The highest BCUT2D eigenvalue weighted by molar-refractivity contribution is 5.91. The summed E-state index contributed by atoms with van der Waals surface area (Å²) in [4.78, 5) is 11.8. The van der Waals surface area contributed by atoms with E-state index in [1.54, 1.807) is 6.07 Å². The predicted octanol–water partition coefficient (Wildman–Crippen LogP) is 3.89. The Kier molecular flexibility index (Phi) is 4.56. The summed E-state index contributed by atoms with van der Waals surface area (Å²) in [5, 5.41) is 6.73. The van der Waals surface area contributed by atoms with Gasteiger partial charge in [-0.25, -0.2) is 0 Å². The van der Waals surface area contributed by atoms with Gasteiger partial charge >= 0.3 is 0 Å². The normalized spacial score (nSPS) is 12.2. The number of aromatic nitrogens is 1. The molecule has 0 radical (unpaired) electrons. The third-order valence-corrected chi connectivity index (χ3v) is 3.47. The lowest BCUT2D eigenvalue weighted by molar-refractivity contribution is -0.119. The van der Waals surface area contributed by atoms with Gasteiger partial charge in [-0.3, -0.25) is 10.1 Å². The summed E-state index contributed by atoms with van der Waals surface area (Å²) in [6.07, 6.45) is 1.81. The SMILES string of the molecule is CCc1ccc(-c2cc(NC(=O)C(C)CC)on2)cc1. The zero-order valence-electron chi connectivity index (χ0n) is 12.1. The molecule has 2 aromatic rings. The van der Waals surface area contributed by atoms with Crippen molar-refractivity contribution in [3.8, 4) is 11.3 Å². The number of hydrogen-bond acceptors (Lipinski definition) is 3. The van der Waals surface area contributed by atoms with Gasteiger partial charge in [0.1, 0.15) is 5.69 Å². The largest absolute Gasteiger partial charge is 0.338 e. The van der Waals surface area contributed by atoms with Gasteiger partial charge in [0.2, 0.25) is 11.8 Å². The highest BCUT2D eigenvalue weighted by atomic mass is 16.5. The van der Waals surface area contributed by atoms with Gasteiger partial charge in [-0.2, -0.15) is 0 Å². The molecular weight excluding hydrogens is 252 g/mol. The first-order chi connectivity index (χ1) is 9.63. The van der Waals surface area contributed by atoms with Gasteiger partial charge in [0.05, 0.1) is 0 Å². The highest BCUT2D eigenvalue weighted by Crippen LogP contribution is 2.22. The van der Waals surface area contributed by atoms with E-state index in [4.69, 9.17) is 4.52 Å². The molecule has 0 aliphatic carbocycles. The number of hydrogen-bond donors (Lipinski definition) is 1. The Labute approximate surface area is 119 Å². The van der Waals surface area contributed by atoms with Gasteiger partial charge in [-0.05, 0) is 18.4 Å². The van der Waals surface area contributed by atoms with Gasteiger partial charge in [0.25, 0.3) is 0 Å². The van der Waals surface area contributed by atoms with E-state index in [1.807, 2.05) is 26.0 Å². The van der Waals surface area contributed by atoms with Crippen LogP contribution in [0.4, 0.5) is 5.88 Å². The number of amides is 1. The van der Waals surface area contributed by atoms with E-state index in [0.717, 1.165) is 24.1 Å². The summed E-state index contributed by atoms with van der Waals surface area (Å²) in [5.41, 5.74) is 2.99. The minimum absolute atomic E-state index is 0.0348. The van der Waals surface area contributed by atoms with Crippen molar-refractivity contribution >= 4 is 11.8 Å². The average Bonchev–Trinajstić information content (AvgIpc) is 2.94. The smallest absolute Gasteiger partial charge is 0.231 e. The fourth-order valence-corrected chi connectivity index (χ4v) is 1.81. The molecule has 0 saturated carbocycles. The fourth-order valence-electron chi connectivity index (χ4n) is 1.81. The van der Waals surface area contributed by atoms with E-state index in [9.17, 15) is 4.79 Å². The van der Waals surface area contributed by atoms with E-state index < -0.39 is 0 Å². The molecular formula is C16H20N2O2. The highest BCUT2D eigenvalue weighted by Gasteiger charge is 2.14. The number of nitrogens with one attached hydrogen (secondary N) is 1. The number of aryl methyl sites for hydroxylation is 1. The van der Waals surface area contributed by atoms with Crippen molar-refractivity contribution in [3.05, 3.63) is 35.9 Å². The lowest BCUT2D eigenvalue weighted by atomic mass is 10.1. The van der Waals surface area contributed by atoms with Gasteiger partial charge in [0, 0.05) is 17.5 Å². The lowest BCUT2D eigenvalue weighted by Gasteiger charge is -2.06. The second-order valence-corrected chi connectivity index (χ2v) is 4.93. The van der Waals surface area contributed by atoms with Crippen LogP contribution in [0.15, 0.2) is 34.9 Å². The van der Waals surface area contributed by atoms with E-state index in [1.165, 1.54) is 5.56 Å². The number of carbonyl (C=O) groups is 1. The minimum atomic E-state index is -0.0449. The van der Waals surface area contributed by atoms with Crippen molar-refractivity contribution in [2.75, 3.05) is 5.32 Å². The average molecular weight is 272 g/mol. The Morgan fingerprint density at radius 2 is 2.00 bits per heavy atom. The maximum absolute atomic E-state index is 11.8. The second-order valence-electron chi connectivity index (χ2n) is 4.93. The molecule has 1 aromatic carbocycles. The maximum Gasteiger partial charge on any atom is 0.231 e. The Hall–Kier alpha value is -2.10. The van der Waals surface area contributed by atoms with Crippen molar-refractivity contribution in [1.29, 1.82) is 0 Å². The van der Waals surface area contributed by atoms with E-state index in [-0.39, 0.29) is 11.8 Å². The van der Waals surface area contributed by atoms with E-state index >= 15 is 0 Å². The first kappa shape index (κ1) is 14.3. The molecule has 0 spiro atoms. The maximum atomic E-state index is 11.8. The number of nitrogens with zero attached hydrogens (tertiary/aromatic N) is 1. The van der Waals surface area contributed by atoms with Crippen molar-refractivity contribution in [1.82, 2.24) is 5.16 Å². The summed E-state index contributed by atoms with van der Waals surface area (Å²) < 4.78 is 5.16. The van der Waals surface area contributed by atoms with Crippen LogP contribution in [0.3, 0.4) is 0 Å². The van der Waals surface area contributed by atoms with Crippen LogP contribution >= 0.6 is 0 Å². The van der Waals surface area contributed by atoms with E-state index in [0.29, 0.717) is 5.88 Å².